The molecule has 4 nitrogen and oxygen atoms in total. The van der Waals surface area contributed by atoms with Gasteiger partial charge in [-0.3, -0.25) is 0 Å². The minimum absolute atomic E-state index is 0.0440. The van der Waals surface area contributed by atoms with E-state index < -0.39 is 0 Å². The first kappa shape index (κ1) is 12.5. The Morgan fingerprint density at radius 1 is 1.50 bits per heavy atom. The second kappa shape index (κ2) is 5.51. The minimum atomic E-state index is -0.212. The summed E-state index contributed by atoms with van der Waals surface area (Å²) in [4.78, 5) is 13.2. The van der Waals surface area contributed by atoms with Crippen LogP contribution in [0.5, 0.6) is 0 Å². The van der Waals surface area contributed by atoms with Crippen LogP contribution in [-0.2, 0) is 0 Å². The van der Waals surface area contributed by atoms with Crippen molar-refractivity contribution in [1.29, 1.82) is 0 Å². The molecule has 2 N–H and O–H groups in total. The van der Waals surface area contributed by atoms with Crippen LogP contribution in [0.4, 0.5) is 10.5 Å². The van der Waals surface area contributed by atoms with E-state index >= 15 is 0 Å². The fraction of sp³-hybridized carbons (Fsp3) is 0.417. The molecular weight excluding hydrogens is 204 g/mol. The van der Waals surface area contributed by atoms with Crippen LogP contribution < -0.4 is 5.32 Å². The van der Waals surface area contributed by atoms with Gasteiger partial charge in [-0.15, -0.1) is 0 Å². The van der Waals surface area contributed by atoms with Crippen molar-refractivity contribution in [1.82, 2.24) is 4.90 Å². The zero-order valence-electron chi connectivity index (χ0n) is 9.90. The molecular formula is C12H18N2O2. The number of nitrogens with one attached hydrogen (secondary N) is 1. The second-order valence-electron chi connectivity index (χ2n) is 3.89. The summed E-state index contributed by atoms with van der Waals surface area (Å²) in [6.45, 7) is 3.68. The zero-order chi connectivity index (χ0) is 12.1. The molecule has 0 aliphatic rings. The van der Waals surface area contributed by atoms with Gasteiger partial charge in [0.2, 0.25) is 0 Å². The number of amides is 2. The minimum Gasteiger partial charge on any atom is -0.394 e. The van der Waals surface area contributed by atoms with E-state index in [9.17, 15) is 4.79 Å². The highest BCUT2D eigenvalue weighted by Crippen LogP contribution is 2.13. The van der Waals surface area contributed by atoms with Crippen molar-refractivity contribution >= 4 is 11.7 Å². The molecule has 0 aliphatic carbocycles. The third kappa shape index (κ3) is 2.97. The quantitative estimate of drug-likeness (QED) is 0.820. The molecule has 0 saturated heterocycles. The zero-order valence-corrected chi connectivity index (χ0v) is 9.90. The Bertz CT molecular complexity index is 366. The number of para-hydroxylation sites is 1. The van der Waals surface area contributed by atoms with Crippen LogP contribution in [0.15, 0.2) is 24.3 Å². The maximum Gasteiger partial charge on any atom is 0.321 e. The number of nitrogens with zero attached hydrogens (tertiary/aromatic N) is 1. The van der Waals surface area contributed by atoms with Crippen LogP contribution in [0.1, 0.15) is 12.5 Å². The van der Waals surface area contributed by atoms with Crippen molar-refractivity contribution in [2.45, 2.75) is 19.9 Å². The maximum absolute atomic E-state index is 11.8. The number of rotatable bonds is 3. The standard InChI is InChI=1S/C12H18N2O2/c1-9-6-4-5-7-11(9)13-12(16)14(3)10(2)8-15/h4-7,10,15H,8H2,1-3H3,(H,13,16). The lowest BCUT2D eigenvalue weighted by Crippen LogP contribution is -2.40. The summed E-state index contributed by atoms with van der Waals surface area (Å²) in [6, 6.07) is 7.18. The third-order valence-electron chi connectivity index (χ3n) is 2.63. The third-order valence-corrected chi connectivity index (χ3v) is 2.63. The Balaban J connectivity index is 2.68. The van der Waals surface area contributed by atoms with Crippen molar-refractivity contribution in [2.24, 2.45) is 0 Å². The number of benzene rings is 1. The Morgan fingerprint density at radius 3 is 2.69 bits per heavy atom. The van der Waals surface area contributed by atoms with Gasteiger partial charge in [0.05, 0.1) is 12.6 Å². The fourth-order valence-corrected chi connectivity index (χ4v) is 1.24. The monoisotopic (exact) mass is 222 g/mol. The smallest absolute Gasteiger partial charge is 0.321 e. The lowest BCUT2D eigenvalue weighted by molar-refractivity contribution is 0.166. The normalized spacial score (nSPS) is 12.0. The van der Waals surface area contributed by atoms with Crippen LogP contribution >= 0.6 is 0 Å². The van der Waals surface area contributed by atoms with E-state index in [1.165, 1.54) is 4.90 Å². The lowest BCUT2D eigenvalue weighted by atomic mass is 10.2. The number of carbonyl (C=O) groups excluding carboxylic acids is 1. The van der Waals surface area contributed by atoms with Gasteiger partial charge >= 0.3 is 6.03 Å². The number of likely N-dealkylation sites (N-methyl/N-ethyl adjacent to an activating group) is 1. The molecule has 1 atom stereocenters. The molecule has 1 rings (SSSR count). The highest BCUT2D eigenvalue weighted by Gasteiger charge is 2.14. The van der Waals surface area contributed by atoms with Crippen molar-refractivity contribution < 1.29 is 9.90 Å². The van der Waals surface area contributed by atoms with Crippen LogP contribution in [0.2, 0.25) is 0 Å². The van der Waals surface area contributed by atoms with Crippen LogP contribution in [0.3, 0.4) is 0 Å². The molecule has 1 aromatic rings. The van der Waals surface area contributed by atoms with Gasteiger partial charge in [0, 0.05) is 12.7 Å². The highest BCUT2D eigenvalue weighted by molar-refractivity contribution is 5.90. The topological polar surface area (TPSA) is 52.6 Å². The molecule has 0 spiro atoms. The van der Waals surface area contributed by atoms with Gasteiger partial charge in [0.15, 0.2) is 0 Å². The number of aliphatic hydroxyl groups is 1. The molecule has 16 heavy (non-hydrogen) atoms. The van der Waals surface area contributed by atoms with Crippen molar-refractivity contribution in [3.63, 3.8) is 0 Å². The molecule has 0 fully saturated rings. The lowest BCUT2D eigenvalue weighted by Gasteiger charge is -2.23. The number of urea groups is 1. The molecule has 4 heteroatoms. The van der Waals surface area contributed by atoms with Gasteiger partial charge in [-0.25, -0.2) is 4.79 Å². The predicted molar refractivity (Wildman–Crippen MR) is 64.5 cm³/mol. The Kier molecular flexibility index (Phi) is 4.31. The number of carbonyl (C=O) groups is 1. The van der Waals surface area contributed by atoms with E-state index in [0.29, 0.717) is 0 Å². The fourth-order valence-electron chi connectivity index (χ4n) is 1.24. The average molecular weight is 222 g/mol. The molecule has 0 aromatic heterocycles. The van der Waals surface area contributed by atoms with Crippen molar-refractivity contribution in [2.75, 3.05) is 19.0 Å². The summed E-state index contributed by atoms with van der Waals surface area (Å²) in [5, 5.41) is 11.8. The SMILES string of the molecule is Cc1ccccc1NC(=O)N(C)C(C)CO. The van der Waals surface area contributed by atoms with E-state index in [1.54, 1.807) is 14.0 Å². The second-order valence-corrected chi connectivity index (χ2v) is 3.89. The van der Waals surface area contributed by atoms with E-state index in [0.717, 1.165) is 11.3 Å². The van der Waals surface area contributed by atoms with E-state index in [1.807, 2.05) is 31.2 Å². The summed E-state index contributed by atoms with van der Waals surface area (Å²) in [6.07, 6.45) is 0. The Morgan fingerprint density at radius 2 is 2.12 bits per heavy atom. The largest absolute Gasteiger partial charge is 0.394 e. The number of aryl methyl sites for hydroxylation is 1. The summed E-state index contributed by atoms with van der Waals surface area (Å²) in [5.41, 5.74) is 1.81. The van der Waals surface area contributed by atoms with Crippen molar-refractivity contribution in [3.05, 3.63) is 29.8 Å². The molecule has 2 amide bonds. The molecule has 1 aromatic carbocycles. The van der Waals surface area contributed by atoms with Gasteiger partial charge in [-0.05, 0) is 25.5 Å². The van der Waals surface area contributed by atoms with Gasteiger partial charge in [0.1, 0.15) is 0 Å². The van der Waals surface area contributed by atoms with Gasteiger partial charge in [-0.2, -0.15) is 0 Å². The Hall–Kier alpha value is -1.55. The first-order chi connectivity index (χ1) is 7.56. The molecule has 0 heterocycles. The summed E-state index contributed by atoms with van der Waals surface area (Å²) in [5.74, 6) is 0. The molecule has 1 unspecified atom stereocenters. The number of hydrogen-bond acceptors (Lipinski definition) is 2. The number of hydrogen-bond donors (Lipinski definition) is 2. The maximum atomic E-state index is 11.8. The van der Waals surface area contributed by atoms with Crippen LogP contribution in [-0.4, -0.2) is 35.7 Å². The van der Waals surface area contributed by atoms with E-state index in [-0.39, 0.29) is 18.7 Å². The van der Waals surface area contributed by atoms with Crippen molar-refractivity contribution in [3.8, 4) is 0 Å². The molecule has 0 radical (unpaired) electrons. The van der Waals surface area contributed by atoms with Crippen LogP contribution in [0, 0.1) is 6.92 Å². The number of anilines is 1. The van der Waals surface area contributed by atoms with Gasteiger partial charge < -0.3 is 15.3 Å². The molecule has 0 bridgehead atoms. The first-order valence-electron chi connectivity index (χ1n) is 5.26. The summed E-state index contributed by atoms with van der Waals surface area (Å²) < 4.78 is 0. The highest BCUT2D eigenvalue weighted by atomic mass is 16.3. The summed E-state index contributed by atoms with van der Waals surface area (Å²) in [7, 11) is 1.66. The first-order valence-corrected chi connectivity index (χ1v) is 5.26. The molecule has 0 saturated carbocycles. The average Bonchev–Trinajstić information content (AvgIpc) is 2.30. The number of aliphatic hydroxyl groups excluding tert-OH is 1. The predicted octanol–water partition coefficient (Wildman–Crippen LogP) is 1.84. The van der Waals surface area contributed by atoms with Crippen LogP contribution in [0.25, 0.3) is 0 Å². The molecule has 88 valence electrons. The van der Waals surface area contributed by atoms with Gasteiger partial charge in [-0.1, -0.05) is 18.2 Å². The van der Waals surface area contributed by atoms with Gasteiger partial charge in [0.25, 0.3) is 0 Å². The molecule has 0 aliphatic heterocycles. The summed E-state index contributed by atoms with van der Waals surface area (Å²) >= 11 is 0. The van der Waals surface area contributed by atoms with E-state index in [4.69, 9.17) is 5.11 Å². The Labute approximate surface area is 95.9 Å². The van der Waals surface area contributed by atoms with E-state index in [2.05, 4.69) is 5.32 Å².